The maximum atomic E-state index is 11.4. The Hall–Kier alpha value is -1.69. The van der Waals surface area contributed by atoms with Crippen molar-refractivity contribution in [3.63, 3.8) is 0 Å². The lowest BCUT2D eigenvalue weighted by Gasteiger charge is -2.08. The van der Waals surface area contributed by atoms with Crippen LogP contribution >= 0.6 is 0 Å². The van der Waals surface area contributed by atoms with Gasteiger partial charge >= 0.3 is 0 Å². The zero-order valence-corrected chi connectivity index (χ0v) is 7.43. The molecule has 0 spiro atoms. The van der Waals surface area contributed by atoms with E-state index >= 15 is 0 Å². The molecular formula is C8H10N4O2. The fourth-order valence-electron chi connectivity index (χ4n) is 1.19. The Morgan fingerprint density at radius 3 is 3.36 bits per heavy atom. The van der Waals surface area contributed by atoms with Gasteiger partial charge < -0.3 is 9.84 Å². The molecule has 0 saturated heterocycles. The van der Waals surface area contributed by atoms with Crippen LogP contribution in [-0.2, 0) is 11.3 Å². The van der Waals surface area contributed by atoms with Crippen molar-refractivity contribution in [3.05, 3.63) is 24.4 Å². The number of aromatic nitrogens is 2. The van der Waals surface area contributed by atoms with Gasteiger partial charge in [-0.2, -0.15) is 4.98 Å². The highest BCUT2D eigenvalue weighted by molar-refractivity contribution is 5.84. The molecule has 74 valence electrons. The molecule has 6 heteroatoms. The maximum absolute atomic E-state index is 11.4. The van der Waals surface area contributed by atoms with Crippen LogP contribution in [0.3, 0.4) is 0 Å². The lowest BCUT2D eigenvalue weighted by molar-refractivity contribution is -0.122. The third kappa shape index (κ3) is 1.97. The van der Waals surface area contributed by atoms with E-state index in [-0.39, 0.29) is 11.9 Å². The smallest absolute Gasteiger partial charge is 0.241 e. The molecule has 1 unspecified atom stereocenters. The molecule has 0 saturated carbocycles. The summed E-state index contributed by atoms with van der Waals surface area (Å²) < 4.78 is 4.53. The Labute approximate surface area is 80.4 Å². The topological polar surface area (TPSA) is 80.1 Å². The van der Waals surface area contributed by atoms with Crippen molar-refractivity contribution in [1.29, 1.82) is 0 Å². The highest BCUT2D eigenvalue weighted by Gasteiger charge is 2.17. The van der Waals surface area contributed by atoms with Gasteiger partial charge in [0.1, 0.15) is 6.04 Å². The fraction of sp³-hybridized carbons (Fsp3) is 0.375. The maximum Gasteiger partial charge on any atom is 0.241 e. The number of amides is 1. The predicted molar refractivity (Wildman–Crippen MR) is 47.1 cm³/mol. The summed E-state index contributed by atoms with van der Waals surface area (Å²) in [5.41, 5.74) is 0. The molecule has 1 aliphatic rings. The lowest BCUT2D eigenvalue weighted by Crippen LogP contribution is -2.40. The first kappa shape index (κ1) is 8.89. The van der Waals surface area contributed by atoms with Gasteiger partial charge in [0, 0.05) is 6.54 Å². The average molecular weight is 194 g/mol. The Kier molecular flexibility index (Phi) is 2.55. The third-order valence-electron chi connectivity index (χ3n) is 1.89. The van der Waals surface area contributed by atoms with Crippen LogP contribution in [0.1, 0.15) is 5.82 Å². The van der Waals surface area contributed by atoms with Crippen LogP contribution in [0, 0.1) is 0 Å². The van der Waals surface area contributed by atoms with Crippen LogP contribution in [0.15, 0.2) is 23.1 Å². The number of hydrogen-bond donors (Lipinski definition) is 2. The molecule has 1 aromatic heterocycles. The molecule has 6 nitrogen and oxygen atoms in total. The van der Waals surface area contributed by atoms with Gasteiger partial charge in [-0.15, -0.1) is 0 Å². The Morgan fingerprint density at radius 1 is 1.79 bits per heavy atom. The molecule has 1 aliphatic heterocycles. The number of nitrogens with one attached hydrogen (secondary N) is 2. The third-order valence-corrected chi connectivity index (χ3v) is 1.89. The Morgan fingerprint density at radius 2 is 2.71 bits per heavy atom. The SMILES string of the molecule is O=C(NCc1ncon1)C1C=CCN1. The van der Waals surface area contributed by atoms with Crippen molar-refractivity contribution in [2.75, 3.05) is 6.54 Å². The van der Waals surface area contributed by atoms with Gasteiger partial charge in [-0.25, -0.2) is 0 Å². The largest absolute Gasteiger partial charge is 0.347 e. The van der Waals surface area contributed by atoms with Gasteiger partial charge in [-0.3, -0.25) is 10.1 Å². The van der Waals surface area contributed by atoms with Crippen LogP contribution in [-0.4, -0.2) is 28.6 Å². The zero-order valence-electron chi connectivity index (χ0n) is 7.43. The first-order chi connectivity index (χ1) is 6.86. The molecule has 2 N–H and O–H groups in total. The highest BCUT2D eigenvalue weighted by Crippen LogP contribution is 1.95. The van der Waals surface area contributed by atoms with Gasteiger partial charge in [0.15, 0.2) is 5.82 Å². The van der Waals surface area contributed by atoms with Crippen LogP contribution in [0.5, 0.6) is 0 Å². The summed E-state index contributed by atoms with van der Waals surface area (Å²) in [4.78, 5) is 15.2. The van der Waals surface area contributed by atoms with Crippen LogP contribution in [0.2, 0.25) is 0 Å². The average Bonchev–Trinajstić information content (AvgIpc) is 2.87. The van der Waals surface area contributed by atoms with Crippen LogP contribution in [0.4, 0.5) is 0 Å². The van der Waals surface area contributed by atoms with E-state index in [0.29, 0.717) is 12.4 Å². The van der Waals surface area contributed by atoms with Gasteiger partial charge in [0.25, 0.3) is 0 Å². The van der Waals surface area contributed by atoms with E-state index in [1.807, 2.05) is 12.2 Å². The first-order valence-electron chi connectivity index (χ1n) is 4.29. The molecule has 1 atom stereocenters. The molecule has 0 aromatic carbocycles. The van der Waals surface area contributed by atoms with Crippen molar-refractivity contribution >= 4 is 5.91 Å². The van der Waals surface area contributed by atoms with Gasteiger partial charge in [-0.1, -0.05) is 17.3 Å². The summed E-state index contributed by atoms with van der Waals surface area (Å²) in [6.45, 7) is 1.03. The Bertz CT molecular complexity index is 333. The van der Waals surface area contributed by atoms with Gasteiger partial charge in [-0.05, 0) is 0 Å². The summed E-state index contributed by atoms with van der Waals surface area (Å²) in [5, 5.41) is 9.26. The van der Waals surface area contributed by atoms with E-state index in [4.69, 9.17) is 0 Å². The van der Waals surface area contributed by atoms with Gasteiger partial charge in [0.05, 0.1) is 6.54 Å². The van der Waals surface area contributed by atoms with E-state index in [0.717, 1.165) is 6.54 Å². The molecule has 2 heterocycles. The molecule has 0 bridgehead atoms. The Balaban J connectivity index is 1.80. The molecule has 0 aliphatic carbocycles. The number of rotatable bonds is 3. The van der Waals surface area contributed by atoms with Crippen molar-refractivity contribution in [3.8, 4) is 0 Å². The quantitative estimate of drug-likeness (QED) is 0.616. The highest BCUT2D eigenvalue weighted by atomic mass is 16.5. The van der Waals surface area contributed by atoms with E-state index in [1.165, 1.54) is 6.39 Å². The van der Waals surface area contributed by atoms with Crippen molar-refractivity contribution in [2.24, 2.45) is 0 Å². The molecule has 0 fully saturated rings. The summed E-state index contributed by atoms with van der Waals surface area (Å²) >= 11 is 0. The van der Waals surface area contributed by atoms with Crippen LogP contribution in [0.25, 0.3) is 0 Å². The minimum absolute atomic E-state index is 0.0800. The fourth-order valence-corrected chi connectivity index (χ4v) is 1.19. The molecule has 1 amide bonds. The summed E-state index contributed by atoms with van der Waals surface area (Å²) in [5.74, 6) is 0.392. The van der Waals surface area contributed by atoms with Gasteiger partial charge in [0.2, 0.25) is 12.3 Å². The molecule has 2 rings (SSSR count). The second-order valence-corrected chi connectivity index (χ2v) is 2.88. The van der Waals surface area contributed by atoms with Crippen LogP contribution < -0.4 is 10.6 Å². The lowest BCUT2D eigenvalue weighted by atomic mass is 10.3. The monoisotopic (exact) mass is 194 g/mol. The number of carbonyl (C=O) groups excluding carboxylic acids is 1. The number of carbonyl (C=O) groups is 1. The van der Waals surface area contributed by atoms with E-state index in [9.17, 15) is 4.79 Å². The molecule has 1 aromatic rings. The summed E-state index contributed by atoms with van der Waals surface area (Å²) in [6.07, 6.45) is 4.97. The van der Waals surface area contributed by atoms with Crippen molar-refractivity contribution < 1.29 is 9.32 Å². The predicted octanol–water partition coefficient (Wildman–Crippen LogP) is -0.786. The van der Waals surface area contributed by atoms with E-state index in [2.05, 4.69) is 25.3 Å². The zero-order chi connectivity index (χ0) is 9.80. The van der Waals surface area contributed by atoms with E-state index < -0.39 is 0 Å². The van der Waals surface area contributed by atoms with Crippen molar-refractivity contribution in [2.45, 2.75) is 12.6 Å². The summed E-state index contributed by atoms with van der Waals surface area (Å²) in [7, 11) is 0. The van der Waals surface area contributed by atoms with E-state index in [1.54, 1.807) is 0 Å². The molecule has 0 radical (unpaired) electrons. The molecule has 14 heavy (non-hydrogen) atoms. The summed E-state index contributed by atoms with van der Waals surface area (Å²) in [6, 6.07) is -0.234. The minimum Gasteiger partial charge on any atom is -0.347 e. The second-order valence-electron chi connectivity index (χ2n) is 2.88. The number of hydrogen-bond acceptors (Lipinski definition) is 5. The normalized spacial score (nSPS) is 19.9. The van der Waals surface area contributed by atoms with Crippen molar-refractivity contribution in [1.82, 2.24) is 20.8 Å². The number of nitrogens with zero attached hydrogens (tertiary/aromatic N) is 2. The first-order valence-corrected chi connectivity index (χ1v) is 4.29. The molecular weight excluding hydrogens is 184 g/mol. The minimum atomic E-state index is -0.234. The second kappa shape index (κ2) is 4.01. The standard InChI is InChI=1S/C8H10N4O2/c13-8(6-2-1-3-9-6)10-4-7-11-5-14-12-7/h1-2,5-6,9H,3-4H2,(H,10,13).